The van der Waals surface area contributed by atoms with Gasteiger partial charge in [0.2, 0.25) is 0 Å². The van der Waals surface area contributed by atoms with Crippen LogP contribution in [-0.4, -0.2) is 22.3 Å². The second kappa shape index (κ2) is 7.70. The first-order chi connectivity index (χ1) is 11.4. The van der Waals surface area contributed by atoms with Crippen molar-refractivity contribution in [2.24, 2.45) is 0 Å². The molecule has 0 spiro atoms. The zero-order valence-corrected chi connectivity index (χ0v) is 14.0. The van der Waals surface area contributed by atoms with Crippen molar-refractivity contribution < 1.29 is 14.1 Å². The Morgan fingerprint density at radius 2 is 1.96 bits per heavy atom. The van der Waals surface area contributed by atoms with Crippen LogP contribution < -0.4 is 0 Å². The minimum atomic E-state index is -0.577. The monoisotopic (exact) mass is 390 g/mol. The van der Waals surface area contributed by atoms with E-state index in [2.05, 4.69) is 21.9 Å². The molecule has 0 unspecified atom stereocenters. The van der Waals surface area contributed by atoms with Gasteiger partial charge in [0, 0.05) is 18.2 Å². The van der Waals surface area contributed by atoms with Gasteiger partial charge in [-0.05, 0) is 45.8 Å². The topological polar surface area (TPSA) is 63.5 Å². The molecule has 2 aromatic carbocycles. The Bertz CT molecular complexity index is 816. The Morgan fingerprint density at radius 1 is 1.29 bits per heavy atom. The number of nitrogens with zero attached hydrogens (tertiary/aromatic N) is 2. The number of hydrogen-bond acceptors (Lipinski definition) is 3. The molecule has 0 aliphatic rings. The normalized spacial score (nSPS) is 10.0. The van der Waals surface area contributed by atoms with E-state index < -0.39 is 10.8 Å². The van der Waals surface area contributed by atoms with Crippen molar-refractivity contribution in [3.8, 4) is 12.3 Å². The Hall–Kier alpha value is -2.72. The van der Waals surface area contributed by atoms with Crippen LogP contribution >= 0.6 is 15.9 Å². The number of benzene rings is 2. The molecule has 1 amide bonds. The number of carbonyl (C=O) groups is 1. The van der Waals surface area contributed by atoms with E-state index in [1.807, 2.05) is 0 Å². The van der Waals surface area contributed by atoms with Crippen LogP contribution in [0, 0.1) is 28.3 Å². The van der Waals surface area contributed by atoms with Gasteiger partial charge in [-0.25, -0.2) is 4.39 Å². The molecule has 0 aromatic heterocycles. The van der Waals surface area contributed by atoms with Gasteiger partial charge in [0.05, 0.1) is 15.9 Å². The predicted octanol–water partition coefficient (Wildman–Crippen LogP) is 3.77. The van der Waals surface area contributed by atoms with Crippen molar-refractivity contribution in [1.29, 1.82) is 0 Å². The van der Waals surface area contributed by atoms with Crippen LogP contribution in [0.1, 0.15) is 15.9 Å². The van der Waals surface area contributed by atoms with Gasteiger partial charge in [-0.1, -0.05) is 18.1 Å². The number of amides is 1. The average Bonchev–Trinajstić information content (AvgIpc) is 2.56. The molecule has 0 heterocycles. The first-order valence-corrected chi connectivity index (χ1v) is 7.63. The summed E-state index contributed by atoms with van der Waals surface area (Å²) in [5, 5.41) is 11.0. The van der Waals surface area contributed by atoms with Crippen molar-refractivity contribution in [3.05, 3.63) is 74.0 Å². The Kier molecular flexibility index (Phi) is 5.66. The van der Waals surface area contributed by atoms with Crippen LogP contribution in [0.25, 0.3) is 0 Å². The van der Waals surface area contributed by atoms with Crippen LogP contribution in [0.4, 0.5) is 10.1 Å². The fourth-order valence-electron chi connectivity index (χ4n) is 2.09. The molecule has 24 heavy (non-hydrogen) atoms. The van der Waals surface area contributed by atoms with Crippen LogP contribution in [-0.2, 0) is 6.54 Å². The third kappa shape index (κ3) is 4.18. The molecule has 0 atom stereocenters. The highest BCUT2D eigenvalue weighted by Gasteiger charge is 2.20. The third-order valence-corrected chi connectivity index (χ3v) is 3.92. The Labute approximate surface area is 146 Å². The van der Waals surface area contributed by atoms with Crippen molar-refractivity contribution in [2.75, 3.05) is 6.54 Å². The molecule has 0 fully saturated rings. The molecule has 0 aliphatic heterocycles. The maximum atomic E-state index is 13.0. The van der Waals surface area contributed by atoms with Crippen LogP contribution in [0.3, 0.4) is 0 Å². The second-order valence-electron chi connectivity index (χ2n) is 4.92. The van der Waals surface area contributed by atoms with Gasteiger partial charge in [0.25, 0.3) is 11.6 Å². The minimum absolute atomic E-state index is 0.0278. The van der Waals surface area contributed by atoms with Gasteiger partial charge < -0.3 is 4.90 Å². The lowest BCUT2D eigenvalue weighted by Crippen LogP contribution is -2.31. The van der Waals surface area contributed by atoms with Crippen molar-refractivity contribution in [2.45, 2.75) is 6.54 Å². The van der Waals surface area contributed by atoms with E-state index in [1.165, 1.54) is 35.2 Å². The summed E-state index contributed by atoms with van der Waals surface area (Å²) >= 11 is 3.07. The summed E-state index contributed by atoms with van der Waals surface area (Å²) < 4.78 is 13.3. The molecule has 0 saturated heterocycles. The number of terminal acetylenes is 1. The number of nitro benzene ring substituents is 1. The van der Waals surface area contributed by atoms with Crippen molar-refractivity contribution >= 4 is 27.5 Å². The number of nitro groups is 1. The molecule has 0 N–H and O–H groups in total. The fraction of sp³-hybridized carbons (Fsp3) is 0.118. The summed E-state index contributed by atoms with van der Waals surface area (Å²) in [4.78, 5) is 24.4. The average molecular weight is 391 g/mol. The Morgan fingerprint density at radius 3 is 2.54 bits per heavy atom. The maximum Gasteiger partial charge on any atom is 0.284 e. The van der Waals surface area contributed by atoms with Gasteiger partial charge in [0.1, 0.15) is 5.82 Å². The molecule has 2 rings (SSSR count). The Balaban J connectivity index is 2.29. The van der Waals surface area contributed by atoms with Crippen LogP contribution in [0.2, 0.25) is 0 Å². The zero-order valence-electron chi connectivity index (χ0n) is 12.4. The van der Waals surface area contributed by atoms with E-state index in [1.54, 1.807) is 12.1 Å². The molecule has 0 aliphatic carbocycles. The highest BCUT2D eigenvalue weighted by molar-refractivity contribution is 9.10. The molecule has 0 bridgehead atoms. The molecular formula is C17H12BrFN2O3. The lowest BCUT2D eigenvalue weighted by Gasteiger charge is -2.20. The van der Waals surface area contributed by atoms with Crippen LogP contribution in [0.15, 0.2) is 46.9 Å². The molecule has 122 valence electrons. The summed E-state index contributed by atoms with van der Waals surface area (Å²) in [6.45, 7) is 0.202. The SMILES string of the molecule is C#CCN(Cc1ccc(F)cc1)C(=O)c1ccc(Br)c([N+](=O)[O-])c1. The van der Waals surface area contributed by atoms with Gasteiger partial charge in [0.15, 0.2) is 0 Å². The maximum absolute atomic E-state index is 13.0. The quantitative estimate of drug-likeness (QED) is 0.443. The number of halogens is 2. The lowest BCUT2D eigenvalue weighted by molar-refractivity contribution is -0.385. The van der Waals surface area contributed by atoms with Crippen LogP contribution in [0.5, 0.6) is 0 Å². The molecule has 5 nitrogen and oxygen atoms in total. The summed E-state index contributed by atoms with van der Waals surface area (Å²) in [5.41, 5.74) is 0.650. The molecule has 0 saturated carbocycles. The van der Waals surface area contributed by atoms with E-state index >= 15 is 0 Å². The zero-order chi connectivity index (χ0) is 17.7. The number of carbonyl (C=O) groups excluding carboxylic acids is 1. The van der Waals surface area contributed by atoms with Gasteiger partial charge in [-0.2, -0.15) is 0 Å². The van der Waals surface area contributed by atoms with Gasteiger partial charge >= 0.3 is 0 Å². The standard InChI is InChI=1S/C17H12BrFN2O3/c1-2-9-20(11-12-3-6-14(19)7-4-12)17(22)13-5-8-15(18)16(10-13)21(23)24/h1,3-8,10H,9,11H2. The first-order valence-electron chi connectivity index (χ1n) is 6.83. The fourth-order valence-corrected chi connectivity index (χ4v) is 2.48. The summed E-state index contributed by atoms with van der Waals surface area (Å²) in [6.07, 6.45) is 5.31. The number of hydrogen-bond donors (Lipinski definition) is 0. The van der Waals surface area contributed by atoms with Gasteiger partial charge in [-0.3, -0.25) is 14.9 Å². The minimum Gasteiger partial charge on any atom is -0.323 e. The molecule has 7 heteroatoms. The third-order valence-electron chi connectivity index (χ3n) is 3.25. The number of rotatable bonds is 5. The summed E-state index contributed by atoms with van der Waals surface area (Å²) in [6, 6.07) is 9.80. The second-order valence-corrected chi connectivity index (χ2v) is 5.77. The van der Waals surface area contributed by atoms with E-state index in [0.29, 0.717) is 5.56 Å². The highest BCUT2D eigenvalue weighted by atomic mass is 79.9. The predicted molar refractivity (Wildman–Crippen MR) is 90.8 cm³/mol. The highest BCUT2D eigenvalue weighted by Crippen LogP contribution is 2.26. The van der Waals surface area contributed by atoms with E-state index in [4.69, 9.17) is 6.42 Å². The molecular weight excluding hydrogens is 379 g/mol. The summed E-state index contributed by atoms with van der Waals surface area (Å²) in [7, 11) is 0. The van der Waals surface area contributed by atoms with E-state index in [-0.39, 0.29) is 34.6 Å². The summed E-state index contributed by atoms with van der Waals surface area (Å²) in [5.74, 6) is 1.57. The van der Waals surface area contributed by atoms with E-state index in [9.17, 15) is 19.3 Å². The van der Waals surface area contributed by atoms with E-state index in [0.717, 1.165) is 0 Å². The first kappa shape index (κ1) is 17.6. The van der Waals surface area contributed by atoms with Crippen molar-refractivity contribution in [1.82, 2.24) is 4.90 Å². The molecule has 2 aromatic rings. The molecule has 0 radical (unpaired) electrons. The smallest absolute Gasteiger partial charge is 0.284 e. The largest absolute Gasteiger partial charge is 0.323 e. The van der Waals surface area contributed by atoms with Gasteiger partial charge in [-0.15, -0.1) is 6.42 Å². The lowest BCUT2D eigenvalue weighted by atomic mass is 10.1. The van der Waals surface area contributed by atoms with Crippen molar-refractivity contribution in [3.63, 3.8) is 0 Å².